The van der Waals surface area contributed by atoms with E-state index >= 15 is 0 Å². The molecule has 0 bridgehead atoms. The molecule has 0 aromatic rings. The molecule has 1 unspecified atom stereocenters. The Balaban J connectivity index is 1.92. The summed E-state index contributed by atoms with van der Waals surface area (Å²) in [6.45, 7) is 1.02. The summed E-state index contributed by atoms with van der Waals surface area (Å²) >= 11 is 0. The molecule has 3 nitrogen and oxygen atoms in total. The number of amides is 1. The Morgan fingerprint density at radius 2 is 2.14 bits per heavy atom. The smallest absolute Gasteiger partial charge is 0.260 e. The van der Waals surface area contributed by atoms with E-state index in [0.29, 0.717) is 13.1 Å². The summed E-state index contributed by atoms with van der Waals surface area (Å²) in [6, 6.07) is -0.0416. The Kier molecular flexibility index (Phi) is 2.21. The lowest BCUT2D eigenvalue weighted by atomic mass is 10.1. The van der Waals surface area contributed by atoms with Crippen molar-refractivity contribution in [1.29, 1.82) is 0 Å². The van der Waals surface area contributed by atoms with Gasteiger partial charge in [0.2, 0.25) is 5.91 Å². The van der Waals surface area contributed by atoms with Crippen LogP contribution in [0.25, 0.3) is 0 Å². The molecular formula is C9H14F2N2O. The van der Waals surface area contributed by atoms with Crippen LogP contribution in [-0.2, 0) is 4.79 Å². The molecular weight excluding hydrogens is 190 g/mol. The predicted octanol–water partition coefficient (Wildman–Crippen LogP) is 0.591. The third-order valence-electron chi connectivity index (χ3n) is 2.89. The van der Waals surface area contributed by atoms with Crippen LogP contribution in [0.4, 0.5) is 8.78 Å². The Hall–Kier alpha value is -0.710. The number of alkyl halides is 2. The van der Waals surface area contributed by atoms with Crippen molar-refractivity contribution in [3.63, 3.8) is 0 Å². The fourth-order valence-electron chi connectivity index (χ4n) is 1.91. The normalized spacial score (nSPS) is 35.5. The van der Waals surface area contributed by atoms with Crippen molar-refractivity contribution in [3.8, 4) is 0 Å². The topological polar surface area (TPSA) is 46.3 Å². The van der Waals surface area contributed by atoms with E-state index in [0.717, 1.165) is 12.8 Å². The molecule has 1 aliphatic heterocycles. The van der Waals surface area contributed by atoms with E-state index in [2.05, 4.69) is 0 Å². The summed E-state index contributed by atoms with van der Waals surface area (Å²) in [5.41, 5.74) is 5.67. The van der Waals surface area contributed by atoms with E-state index in [-0.39, 0.29) is 12.5 Å². The number of piperidine rings is 1. The molecule has 1 saturated carbocycles. The summed E-state index contributed by atoms with van der Waals surface area (Å²) in [5, 5.41) is 0. The summed E-state index contributed by atoms with van der Waals surface area (Å²) in [7, 11) is 0. The van der Waals surface area contributed by atoms with Crippen LogP contribution in [0.15, 0.2) is 0 Å². The van der Waals surface area contributed by atoms with E-state index in [4.69, 9.17) is 5.73 Å². The Morgan fingerprint density at radius 3 is 2.64 bits per heavy atom. The van der Waals surface area contributed by atoms with E-state index in [9.17, 15) is 13.6 Å². The SMILES string of the molecule is N[C@@H]1CCCN(C(=O)C2CC2(F)F)C1. The molecule has 1 amide bonds. The minimum absolute atomic E-state index is 0.0416. The molecule has 1 saturated heterocycles. The lowest BCUT2D eigenvalue weighted by Crippen LogP contribution is -2.46. The van der Waals surface area contributed by atoms with Crippen molar-refractivity contribution in [2.75, 3.05) is 13.1 Å². The number of likely N-dealkylation sites (tertiary alicyclic amines) is 1. The van der Waals surface area contributed by atoms with Crippen LogP contribution in [-0.4, -0.2) is 35.9 Å². The quantitative estimate of drug-likeness (QED) is 0.679. The number of carbonyl (C=O) groups is 1. The summed E-state index contributed by atoms with van der Waals surface area (Å²) < 4.78 is 25.2. The number of rotatable bonds is 1. The van der Waals surface area contributed by atoms with Crippen LogP contribution in [0.5, 0.6) is 0 Å². The van der Waals surface area contributed by atoms with Gasteiger partial charge in [0.15, 0.2) is 0 Å². The van der Waals surface area contributed by atoms with Crippen molar-refractivity contribution < 1.29 is 13.6 Å². The molecule has 2 N–H and O–H groups in total. The zero-order chi connectivity index (χ0) is 10.3. The molecule has 1 heterocycles. The first-order chi connectivity index (χ1) is 6.50. The highest BCUT2D eigenvalue weighted by Gasteiger charge is 2.62. The van der Waals surface area contributed by atoms with Crippen LogP contribution in [0.3, 0.4) is 0 Å². The Morgan fingerprint density at radius 1 is 1.50 bits per heavy atom. The maximum Gasteiger partial charge on any atom is 0.260 e. The van der Waals surface area contributed by atoms with Gasteiger partial charge in [0.05, 0.1) is 0 Å². The van der Waals surface area contributed by atoms with Crippen LogP contribution in [0, 0.1) is 5.92 Å². The van der Waals surface area contributed by atoms with Gasteiger partial charge in [-0.1, -0.05) is 0 Å². The Bertz CT molecular complexity index is 257. The average Bonchev–Trinajstić information content (AvgIpc) is 2.74. The lowest BCUT2D eigenvalue weighted by molar-refractivity contribution is -0.136. The van der Waals surface area contributed by atoms with Crippen molar-refractivity contribution in [3.05, 3.63) is 0 Å². The number of nitrogens with two attached hydrogens (primary N) is 1. The van der Waals surface area contributed by atoms with Crippen molar-refractivity contribution >= 4 is 5.91 Å². The molecule has 1 aliphatic carbocycles. The van der Waals surface area contributed by atoms with Gasteiger partial charge in [0.25, 0.3) is 5.92 Å². The van der Waals surface area contributed by atoms with Gasteiger partial charge < -0.3 is 10.6 Å². The lowest BCUT2D eigenvalue weighted by Gasteiger charge is -2.30. The van der Waals surface area contributed by atoms with E-state index < -0.39 is 17.7 Å². The summed E-state index contributed by atoms with van der Waals surface area (Å²) in [6.07, 6.45) is 1.42. The van der Waals surface area contributed by atoms with Gasteiger partial charge in [0, 0.05) is 25.6 Å². The van der Waals surface area contributed by atoms with Crippen LogP contribution >= 0.6 is 0 Å². The number of halogens is 2. The molecule has 5 heteroatoms. The third-order valence-corrected chi connectivity index (χ3v) is 2.89. The highest BCUT2D eigenvalue weighted by Crippen LogP contribution is 2.49. The van der Waals surface area contributed by atoms with Crippen LogP contribution in [0.2, 0.25) is 0 Å². The summed E-state index contributed by atoms with van der Waals surface area (Å²) in [4.78, 5) is 13.0. The van der Waals surface area contributed by atoms with Gasteiger partial charge in [-0.25, -0.2) is 8.78 Å². The van der Waals surface area contributed by atoms with Gasteiger partial charge in [-0.15, -0.1) is 0 Å². The molecule has 0 radical (unpaired) electrons. The number of hydrogen-bond donors (Lipinski definition) is 1. The van der Waals surface area contributed by atoms with Crippen molar-refractivity contribution in [1.82, 2.24) is 4.90 Å². The molecule has 80 valence electrons. The zero-order valence-electron chi connectivity index (χ0n) is 7.88. The molecule has 2 aliphatic rings. The second kappa shape index (κ2) is 3.15. The van der Waals surface area contributed by atoms with Gasteiger partial charge in [-0.05, 0) is 12.8 Å². The van der Waals surface area contributed by atoms with Gasteiger partial charge >= 0.3 is 0 Å². The molecule has 0 aromatic carbocycles. The fourth-order valence-corrected chi connectivity index (χ4v) is 1.91. The van der Waals surface area contributed by atoms with Gasteiger partial charge in [0.1, 0.15) is 5.92 Å². The molecule has 2 rings (SSSR count). The monoisotopic (exact) mass is 204 g/mol. The fraction of sp³-hybridized carbons (Fsp3) is 0.889. The first-order valence-corrected chi connectivity index (χ1v) is 4.93. The molecule has 0 spiro atoms. The molecule has 14 heavy (non-hydrogen) atoms. The van der Waals surface area contributed by atoms with Gasteiger partial charge in [-0.3, -0.25) is 4.79 Å². The molecule has 2 atom stereocenters. The number of carbonyl (C=O) groups excluding carboxylic acids is 1. The second-order valence-corrected chi connectivity index (χ2v) is 4.20. The van der Waals surface area contributed by atoms with Crippen molar-refractivity contribution in [2.24, 2.45) is 11.7 Å². The second-order valence-electron chi connectivity index (χ2n) is 4.20. The summed E-state index contributed by atoms with van der Waals surface area (Å²) in [5.74, 6) is -4.23. The van der Waals surface area contributed by atoms with Crippen molar-refractivity contribution in [2.45, 2.75) is 31.2 Å². The third kappa shape index (κ3) is 1.73. The van der Waals surface area contributed by atoms with Crippen LogP contribution in [0.1, 0.15) is 19.3 Å². The first-order valence-electron chi connectivity index (χ1n) is 4.93. The average molecular weight is 204 g/mol. The standard InChI is InChI=1S/C9H14F2N2O/c10-9(11)4-7(9)8(14)13-3-1-2-6(12)5-13/h6-7H,1-5,12H2/t6-,7?/m1/s1. The van der Waals surface area contributed by atoms with Gasteiger partial charge in [-0.2, -0.15) is 0 Å². The largest absolute Gasteiger partial charge is 0.341 e. The number of hydrogen-bond acceptors (Lipinski definition) is 2. The highest BCUT2D eigenvalue weighted by molar-refractivity contribution is 5.83. The zero-order valence-corrected chi connectivity index (χ0v) is 7.88. The van der Waals surface area contributed by atoms with E-state index in [1.807, 2.05) is 0 Å². The highest BCUT2D eigenvalue weighted by atomic mass is 19.3. The molecule has 0 aromatic heterocycles. The molecule has 2 fully saturated rings. The number of nitrogens with zero attached hydrogens (tertiary/aromatic N) is 1. The van der Waals surface area contributed by atoms with Crippen LogP contribution < -0.4 is 5.73 Å². The predicted molar refractivity (Wildman–Crippen MR) is 46.8 cm³/mol. The minimum Gasteiger partial charge on any atom is -0.341 e. The maximum atomic E-state index is 12.6. The first kappa shape index (κ1) is 9.83. The van der Waals surface area contributed by atoms with E-state index in [1.165, 1.54) is 4.90 Å². The van der Waals surface area contributed by atoms with E-state index in [1.54, 1.807) is 0 Å². The Labute approximate surface area is 81.2 Å². The minimum atomic E-state index is -2.75. The maximum absolute atomic E-state index is 12.6.